The van der Waals surface area contributed by atoms with Crippen molar-refractivity contribution in [2.24, 2.45) is 23.5 Å². The summed E-state index contributed by atoms with van der Waals surface area (Å²) < 4.78 is 0. The lowest BCUT2D eigenvalue weighted by Gasteiger charge is -2.31. The number of hydrogen-bond donors (Lipinski definition) is 2. The van der Waals surface area contributed by atoms with Gasteiger partial charge in [0.05, 0.1) is 0 Å². The first-order chi connectivity index (χ1) is 7.40. The predicted octanol–water partition coefficient (Wildman–Crippen LogP) is 1.05. The van der Waals surface area contributed by atoms with Crippen LogP contribution in [0.3, 0.4) is 0 Å². The molecule has 1 fully saturated rings. The minimum absolute atomic E-state index is 0.0234. The van der Waals surface area contributed by atoms with E-state index in [2.05, 4.69) is 19.2 Å². The Kier molecular flexibility index (Phi) is 4.33. The highest BCUT2D eigenvalue weighted by molar-refractivity contribution is 5.87. The molecule has 0 aromatic rings. The van der Waals surface area contributed by atoms with Gasteiger partial charge < -0.3 is 11.1 Å². The van der Waals surface area contributed by atoms with E-state index in [1.54, 1.807) is 6.92 Å². The number of primary amides is 1. The van der Waals surface area contributed by atoms with Crippen LogP contribution >= 0.6 is 0 Å². The molecule has 1 aliphatic carbocycles. The maximum absolute atomic E-state index is 11.9. The van der Waals surface area contributed by atoms with Crippen molar-refractivity contribution in [3.63, 3.8) is 0 Å². The monoisotopic (exact) mass is 226 g/mol. The van der Waals surface area contributed by atoms with Crippen molar-refractivity contribution >= 4 is 11.8 Å². The van der Waals surface area contributed by atoms with Crippen molar-refractivity contribution < 1.29 is 9.59 Å². The summed E-state index contributed by atoms with van der Waals surface area (Å²) in [5, 5.41) is 2.68. The first-order valence-corrected chi connectivity index (χ1v) is 5.99. The summed E-state index contributed by atoms with van der Waals surface area (Å²) >= 11 is 0. The van der Waals surface area contributed by atoms with Crippen LogP contribution in [-0.4, -0.2) is 17.9 Å². The summed E-state index contributed by atoms with van der Waals surface area (Å²) in [6.07, 6.45) is 3.03. The minimum atomic E-state index is -0.569. The van der Waals surface area contributed by atoms with E-state index in [9.17, 15) is 9.59 Å². The van der Waals surface area contributed by atoms with Crippen LogP contribution < -0.4 is 11.1 Å². The molecule has 0 spiro atoms. The van der Waals surface area contributed by atoms with Crippen LogP contribution in [0.1, 0.15) is 40.0 Å². The quantitative estimate of drug-likeness (QED) is 0.755. The third kappa shape index (κ3) is 3.51. The summed E-state index contributed by atoms with van der Waals surface area (Å²) in [7, 11) is 0. The second-order valence-electron chi connectivity index (χ2n) is 5.25. The summed E-state index contributed by atoms with van der Waals surface area (Å²) in [5.74, 6) is 0.710. The van der Waals surface area contributed by atoms with Gasteiger partial charge in [0, 0.05) is 5.92 Å². The van der Waals surface area contributed by atoms with Crippen LogP contribution in [-0.2, 0) is 9.59 Å². The molecule has 2 amide bonds. The molecule has 16 heavy (non-hydrogen) atoms. The first kappa shape index (κ1) is 13.0. The standard InChI is InChI=1S/C12H22N2O2/c1-7-4-8(2)6-10(5-7)12(16)14-9(3)11(13)15/h7-10H,4-6H2,1-3H3,(H2,13,15)(H,14,16)/t7-,8+,9-,10-/m1/s1. The molecule has 4 heteroatoms. The van der Waals surface area contributed by atoms with Crippen molar-refractivity contribution in [2.75, 3.05) is 0 Å². The Balaban J connectivity index is 2.50. The van der Waals surface area contributed by atoms with E-state index in [1.165, 1.54) is 6.42 Å². The number of carbonyl (C=O) groups is 2. The van der Waals surface area contributed by atoms with Crippen molar-refractivity contribution in [3.05, 3.63) is 0 Å². The minimum Gasteiger partial charge on any atom is -0.368 e. The van der Waals surface area contributed by atoms with E-state index in [1.807, 2.05) is 0 Å². The molecule has 1 rings (SSSR count). The highest BCUT2D eigenvalue weighted by Crippen LogP contribution is 2.32. The largest absolute Gasteiger partial charge is 0.368 e. The van der Waals surface area contributed by atoms with E-state index in [0.717, 1.165) is 12.8 Å². The summed E-state index contributed by atoms with van der Waals surface area (Å²) in [4.78, 5) is 22.7. The fourth-order valence-electron chi connectivity index (χ4n) is 2.56. The van der Waals surface area contributed by atoms with Crippen molar-refractivity contribution in [1.82, 2.24) is 5.32 Å². The van der Waals surface area contributed by atoms with Gasteiger partial charge in [-0.15, -0.1) is 0 Å². The fourth-order valence-corrected chi connectivity index (χ4v) is 2.56. The lowest BCUT2D eigenvalue weighted by atomic mass is 9.76. The van der Waals surface area contributed by atoms with Gasteiger partial charge in [-0.05, 0) is 38.0 Å². The summed E-state index contributed by atoms with van der Waals surface area (Å²) in [5.41, 5.74) is 5.11. The maximum atomic E-state index is 11.9. The number of hydrogen-bond acceptors (Lipinski definition) is 2. The second kappa shape index (κ2) is 5.32. The molecule has 0 heterocycles. The van der Waals surface area contributed by atoms with Gasteiger partial charge in [-0.1, -0.05) is 13.8 Å². The molecule has 3 N–H and O–H groups in total. The fraction of sp³-hybridized carbons (Fsp3) is 0.833. The van der Waals surface area contributed by atoms with Crippen LogP contribution in [0, 0.1) is 17.8 Å². The predicted molar refractivity (Wildman–Crippen MR) is 62.5 cm³/mol. The molecule has 4 nitrogen and oxygen atoms in total. The highest BCUT2D eigenvalue weighted by Gasteiger charge is 2.29. The van der Waals surface area contributed by atoms with Gasteiger partial charge >= 0.3 is 0 Å². The van der Waals surface area contributed by atoms with E-state index < -0.39 is 11.9 Å². The number of rotatable bonds is 3. The average Bonchev–Trinajstić information content (AvgIpc) is 2.15. The molecule has 0 saturated heterocycles. The van der Waals surface area contributed by atoms with E-state index in [0.29, 0.717) is 11.8 Å². The van der Waals surface area contributed by atoms with Gasteiger partial charge in [0.2, 0.25) is 11.8 Å². The molecule has 1 aliphatic rings. The molecule has 0 aromatic carbocycles. The van der Waals surface area contributed by atoms with Crippen LogP contribution in [0.25, 0.3) is 0 Å². The normalized spacial score (nSPS) is 31.8. The Morgan fingerprint density at radius 3 is 2.12 bits per heavy atom. The second-order valence-corrected chi connectivity index (χ2v) is 5.25. The van der Waals surface area contributed by atoms with Crippen LogP contribution in [0.5, 0.6) is 0 Å². The maximum Gasteiger partial charge on any atom is 0.239 e. The molecule has 0 aromatic heterocycles. The zero-order chi connectivity index (χ0) is 12.3. The Hall–Kier alpha value is -1.06. The summed E-state index contributed by atoms with van der Waals surface area (Å²) in [6.45, 7) is 5.97. The van der Waals surface area contributed by atoms with E-state index in [4.69, 9.17) is 5.73 Å². The van der Waals surface area contributed by atoms with E-state index in [-0.39, 0.29) is 11.8 Å². The number of nitrogens with one attached hydrogen (secondary N) is 1. The van der Waals surface area contributed by atoms with Gasteiger partial charge in [-0.25, -0.2) is 0 Å². The Labute approximate surface area is 97.0 Å². The molecule has 0 aliphatic heterocycles. The van der Waals surface area contributed by atoms with Gasteiger partial charge in [0.15, 0.2) is 0 Å². The highest BCUT2D eigenvalue weighted by atomic mass is 16.2. The third-order valence-corrected chi connectivity index (χ3v) is 3.33. The molecular weight excluding hydrogens is 204 g/mol. The van der Waals surface area contributed by atoms with Crippen LogP contribution in [0.4, 0.5) is 0 Å². The van der Waals surface area contributed by atoms with Crippen molar-refractivity contribution in [1.29, 1.82) is 0 Å². The lowest BCUT2D eigenvalue weighted by molar-refractivity contribution is -0.131. The molecule has 4 atom stereocenters. The average molecular weight is 226 g/mol. The van der Waals surface area contributed by atoms with Crippen molar-refractivity contribution in [3.8, 4) is 0 Å². The Bertz CT molecular complexity index is 268. The number of carbonyl (C=O) groups excluding carboxylic acids is 2. The summed E-state index contributed by atoms with van der Waals surface area (Å²) in [6, 6.07) is -0.569. The van der Waals surface area contributed by atoms with Gasteiger partial charge in [0.25, 0.3) is 0 Å². The van der Waals surface area contributed by atoms with E-state index >= 15 is 0 Å². The van der Waals surface area contributed by atoms with Gasteiger partial charge in [0.1, 0.15) is 6.04 Å². The van der Waals surface area contributed by atoms with Crippen LogP contribution in [0.15, 0.2) is 0 Å². The Morgan fingerprint density at radius 2 is 1.69 bits per heavy atom. The molecule has 1 saturated carbocycles. The van der Waals surface area contributed by atoms with Crippen LogP contribution in [0.2, 0.25) is 0 Å². The molecule has 0 unspecified atom stereocenters. The SMILES string of the molecule is C[C@@H]1C[C@H](C)C[C@H](C(=O)N[C@H](C)C(N)=O)C1. The van der Waals surface area contributed by atoms with Crippen molar-refractivity contribution in [2.45, 2.75) is 46.1 Å². The molecule has 0 radical (unpaired) electrons. The Morgan fingerprint density at radius 1 is 1.19 bits per heavy atom. The third-order valence-electron chi connectivity index (χ3n) is 3.33. The first-order valence-electron chi connectivity index (χ1n) is 5.99. The zero-order valence-electron chi connectivity index (χ0n) is 10.3. The topological polar surface area (TPSA) is 72.2 Å². The zero-order valence-corrected chi connectivity index (χ0v) is 10.3. The lowest BCUT2D eigenvalue weighted by Crippen LogP contribution is -2.45. The number of amides is 2. The van der Waals surface area contributed by atoms with Gasteiger partial charge in [-0.3, -0.25) is 9.59 Å². The smallest absolute Gasteiger partial charge is 0.239 e. The number of nitrogens with two attached hydrogens (primary N) is 1. The van der Waals surface area contributed by atoms with Gasteiger partial charge in [-0.2, -0.15) is 0 Å². The molecule has 0 bridgehead atoms. The molecule has 92 valence electrons. The molecular formula is C12H22N2O2.